The maximum atomic E-state index is 12.3. The molecule has 3 aromatic rings. The molecule has 0 aliphatic carbocycles. The zero-order valence-electron chi connectivity index (χ0n) is 13.4. The fourth-order valence-electron chi connectivity index (χ4n) is 2.29. The summed E-state index contributed by atoms with van der Waals surface area (Å²) in [5, 5.41) is 6.00. The molecule has 1 aromatic heterocycles. The van der Waals surface area contributed by atoms with Crippen LogP contribution in [0.3, 0.4) is 0 Å². The molecule has 2 amide bonds. The second-order valence-corrected chi connectivity index (χ2v) is 5.82. The molecule has 126 valence electrons. The van der Waals surface area contributed by atoms with Gasteiger partial charge in [0, 0.05) is 28.9 Å². The molecule has 5 nitrogen and oxygen atoms in total. The summed E-state index contributed by atoms with van der Waals surface area (Å²) in [5.74, 6) is 0.246. The summed E-state index contributed by atoms with van der Waals surface area (Å²) in [6, 6.07) is 17.3. The molecule has 0 radical (unpaired) electrons. The van der Waals surface area contributed by atoms with Crippen molar-refractivity contribution in [2.24, 2.45) is 0 Å². The second-order valence-electron chi connectivity index (χ2n) is 5.39. The van der Waals surface area contributed by atoms with Crippen molar-refractivity contribution in [2.75, 3.05) is 10.6 Å². The van der Waals surface area contributed by atoms with Crippen LogP contribution in [0.1, 0.15) is 17.5 Å². The van der Waals surface area contributed by atoms with Crippen molar-refractivity contribution >= 4 is 34.8 Å². The number of nitrogens with one attached hydrogen (secondary N) is 2. The van der Waals surface area contributed by atoms with Gasteiger partial charge in [-0.1, -0.05) is 23.7 Å². The molecule has 0 aliphatic heterocycles. The van der Waals surface area contributed by atoms with Gasteiger partial charge < -0.3 is 15.1 Å². The number of anilines is 2. The summed E-state index contributed by atoms with van der Waals surface area (Å²) in [5.41, 5.74) is 2.05. The van der Waals surface area contributed by atoms with Crippen LogP contribution in [0.2, 0.25) is 5.02 Å². The van der Waals surface area contributed by atoms with Crippen molar-refractivity contribution in [3.05, 3.63) is 71.4 Å². The maximum absolute atomic E-state index is 12.3. The molecule has 0 fully saturated rings. The molecule has 0 atom stereocenters. The van der Waals surface area contributed by atoms with E-state index in [0.717, 1.165) is 5.56 Å². The van der Waals surface area contributed by atoms with E-state index in [1.165, 1.54) is 6.92 Å². The Morgan fingerprint density at radius 2 is 1.60 bits per heavy atom. The largest absolute Gasteiger partial charge is 0.451 e. The zero-order valence-corrected chi connectivity index (χ0v) is 14.1. The van der Waals surface area contributed by atoms with Crippen molar-refractivity contribution < 1.29 is 14.0 Å². The highest BCUT2D eigenvalue weighted by molar-refractivity contribution is 6.30. The van der Waals surface area contributed by atoms with Gasteiger partial charge in [-0.05, 0) is 48.5 Å². The van der Waals surface area contributed by atoms with Crippen molar-refractivity contribution in [1.82, 2.24) is 0 Å². The standard InChI is InChI=1S/C19H15ClN2O3/c1-12(23)21-15-5-7-16(8-6-15)22-19(24)18-10-9-17(25-18)13-3-2-4-14(20)11-13/h2-11H,1H3,(H,21,23)(H,22,24). The predicted molar refractivity (Wildman–Crippen MR) is 97.9 cm³/mol. The minimum absolute atomic E-state index is 0.152. The molecular weight excluding hydrogens is 340 g/mol. The minimum Gasteiger partial charge on any atom is -0.451 e. The van der Waals surface area contributed by atoms with E-state index < -0.39 is 0 Å². The summed E-state index contributed by atoms with van der Waals surface area (Å²) in [6.07, 6.45) is 0. The molecule has 2 aromatic carbocycles. The van der Waals surface area contributed by atoms with E-state index in [2.05, 4.69) is 10.6 Å². The monoisotopic (exact) mass is 354 g/mol. The summed E-state index contributed by atoms with van der Waals surface area (Å²) < 4.78 is 5.61. The van der Waals surface area contributed by atoms with Crippen LogP contribution in [0.4, 0.5) is 11.4 Å². The highest BCUT2D eigenvalue weighted by atomic mass is 35.5. The highest BCUT2D eigenvalue weighted by Gasteiger charge is 2.13. The number of carbonyl (C=O) groups excluding carboxylic acids is 2. The fraction of sp³-hybridized carbons (Fsp3) is 0.0526. The third kappa shape index (κ3) is 4.28. The van der Waals surface area contributed by atoms with Crippen molar-refractivity contribution in [1.29, 1.82) is 0 Å². The number of benzene rings is 2. The molecule has 1 heterocycles. The number of carbonyl (C=O) groups is 2. The number of halogens is 1. The lowest BCUT2D eigenvalue weighted by Gasteiger charge is -2.05. The van der Waals surface area contributed by atoms with Gasteiger partial charge in [-0.2, -0.15) is 0 Å². The van der Waals surface area contributed by atoms with E-state index in [1.54, 1.807) is 48.5 Å². The first-order chi connectivity index (χ1) is 12.0. The predicted octanol–water partition coefficient (Wildman–Crippen LogP) is 4.81. The van der Waals surface area contributed by atoms with Crippen LogP contribution in [0, 0.1) is 0 Å². The van der Waals surface area contributed by atoms with Gasteiger partial charge in [-0.15, -0.1) is 0 Å². The van der Waals surface area contributed by atoms with Crippen LogP contribution >= 0.6 is 11.6 Å². The molecule has 0 spiro atoms. The number of rotatable bonds is 4. The molecule has 2 N–H and O–H groups in total. The van der Waals surface area contributed by atoms with Gasteiger partial charge in [0.05, 0.1) is 0 Å². The Kier molecular flexibility index (Phi) is 4.86. The molecular formula is C19H15ClN2O3. The van der Waals surface area contributed by atoms with Crippen molar-refractivity contribution in [3.8, 4) is 11.3 Å². The van der Waals surface area contributed by atoms with Crippen LogP contribution in [0.25, 0.3) is 11.3 Å². The van der Waals surface area contributed by atoms with Crippen LogP contribution in [0.15, 0.2) is 65.1 Å². The number of hydrogen-bond acceptors (Lipinski definition) is 3. The van der Waals surface area contributed by atoms with Crippen LogP contribution in [-0.2, 0) is 4.79 Å². The van der Waals surface area contributed by atoms with E-state index in [1.807, 2.05) is 12.1 Å². The average molecular weight is 355 g/mol. The average Bonchev–Trinajstić information content (AvgIpc) is 3.06. The van der Waals surface area contributed by atoms with E-state index in [0.29, 0.717) is 22.2 Å². The molecule has 0 aliphatic rings. The number of furan rings is 1. The van der Waals surface area contributed by atoms with Gasteiger partial charge in [-0.3, -0.25) is 9.59 Å². The van der Waals surface area contributed by atoms with E-state index >= 15 is 0 Å². The van der Waals surface area contributed by atoms with Gasteiger partial charge in [-0.25, -0.2) is 0 Å². The second kappa shape index (κ2) is 7.23. The lowest BCUT2D eigenvalue weighted by atomic mass is 10.2. The van der Waals surface area contributed by atoms with Gasteiger partial charge in [0.2, 0.25) is 5.91 Å². The molecule has 0 bridgehead atoms. The normalized spacial score (nSPS) is 10.3. The molecule has 6 heteroatoms. The summed E-state index contributed by atoms with van der Waals surface area (Å²) in [4.78, 5) is 23.3. The first-order valence-corrected chi connectivity index (χ1v) is 7.94. The van der Waals surface area contributed by atoms with E-state index in [4.69, 9.17) is 16.0 Å². The molecule has 0 saturated heterocycles. The SMILES string of the molecule is CC(=O)Nc1ccc(NC(=O)c2ccc(-c3cccc(Cl)c3)o2)cc1. The number of amides is 2. The molecule has 3 rings (SSSR count). The Hall–Kier alpha value is -3.05. The van der Waals surface area contributed by atoms with Crippen LogP contribution in [-0.4, -0.2) is 11.8 Å². The smallest absolute Gasteiger partial charge is 0.291 e. The molecule has 0 saturated carbocycles. The van der Waals surface area contributed by atoms with Crippen LogP contribution in [0.5, 0.6) is 0 Å². The first kappa shape index (κ1) is 16.8. The van der Waals surface area contributed by atoms with Gasteiger partial charge >= 0.3 is 0 Å². The summed E-state index contributed by atoms with van der Waals surface area (Å²) in [6.45, 7) is 1.43. The quantitative estimate of drug-likeness (QED) is 0.706. The van der Waals surface area contributed by atoms with Crippen molar-refractivity contribution in [2.45, 2.75) is 6.92 Å². The molecule has 0 unspecified atom stereocenters. The zero-order chi connectivity index (χ0) is 17.8. The summed E-state index contributed by atoms with van der Waals surface area (Å²) >= 11 is 5.97. The Balaban J connectivity index is 1.70. The third-order valence-electron chi connectivity index (χ3n) is 3.40. The van der Waals surface area contributed by atoms with Gasteiger partial charge in [0.15, 0.2) is 5.76 Å². The van der Waals surface area contributed by atoms with E-state index in [9.17, 15) is 9.59 Å². The Morgan fingerprint density at radius 1 is 0.920 bits per heavy atom. The number of hydrogen-bond donors (Lipinski definition) is 2. The maximum Gasteiger partial charge on any atom is 0.291 e. The van der Waals surface area contributed by atoms with E-state index in [-0.39, 0.29) is 17.6 Å². The van der Waals surface area contributed by atoms with Gasteiger partial charge in [0.25, 0.3) is 5.91 Å². The third-order valence-corrected chi connectivity index (χ3v) is 3.64. The first-order valence-electron chi connectivity index (χ1n) is 7.56. The fourth-order valence-corrected chi connectivity index (χ4v) is 2.48. The molecule has 25 heavy (non-hydrogen) atoms. The minimum atomic E-state index is -0.361. The Labute approximate surface area is 149 Å². The topological polar surface area (TPSA) is 71.3 Å². The lowest BCUT2D eigenvalue weighted by Crippen LogP contribution is -2.11. The van der Waals surface area contributed by atoms with Crippen molar-refractivity contribution in [3.63, 3.8) is 0 Å². The van der Waals surface area contributed by atoms with Crippen LogP contribution < -0.4 is 10.6 Å². The highest BCUT2D eigenvalue weighted by Crippen LogP contribution is 2.25. The van der Waals surface area contributed by atoms with Gasteiger partial charge in [0.1, 0.15) is 5.76 Å². The Morgan fingerprint density at radius 3 is 2.24 bits per heavy atom. The Bertz CT molecular complexity index is 916. The lowest BCUT2D eigenvalue weighted by molar-refractivity contribution is -0.114. The summed E-state index contributed by atoms with van der Waals surface area (Å²) in [7, 11) is 0.